The van der Waals surface area contributed by atoms with Gasteiger partial charge in [0.1, 0.15) is 5.75 Å². The van der Waals surface area contributed by atoms with E-state index in [1.165, 1.54) is 25.7 Å². The van der Waals surface area contributed by atoms with Crippen molar-refractivity contribution < 1.29 is 4.74 Å². The molecule has 2 N–H and O–H groups in total. The van der Waals surface area contributed by atoms with E-state index in [9.17, 15) is 0 Å². The molecular formula is C15H22ClNO. The Bertz CT molecular complexity index is 397. The molecule has 2 rings (SSSR count). The lowest BCUT2D eigenvalue weighted by molar-refractivity contribution is 0.356. The Morgan fingerprint density at radius 2 is 1.89 bits per heavy atom. The highest BCUT2D eigenvalue weighted by Crippen LogP contribution is 2.32. The Balaban J connectivity index is 2.18. The maximum Gasteiger partial charge on any atom is 0.122 e. The maximum atomic E-state index is 6.57. The van der Waals surface area contributed by atoms with E-state index in [0.29, 0.717) is 0 Å². The van der Waals surface area contributed by atoms with Crippen LogP contribution in [-0.2, 0) is 6.42 Å². The fourth-order valence-corrected chi connectivity index (χ4v) is 3.07. The average Bonchev–Trinajstić information content (AvgIpc) is 2.54. The van der Waals surface area contributed by atoms with Crippen LogP contribution in [0.4, 0.5) is 0 Å². The summed E-state index contributed by atoms with van der Waals surface area (Å²) in [4.78, 5) is 0. The highest BCUT2D eigenvalue weighted by molar-refractivity contribution is 6.30. The average molecular weight is 268 g/mol. The first-order valence-electron chi connectivity index (χ1n) is 6.74. The predicted octanol–water partition coefficient (Wildman–Crippen LogP) is 3.94. The van der Waals surface area contributed by atoms with Crippen LogP contribution in [0.1, 0.15) is 44.1 Å². The molecule has 100 valence electrons. The van der Waals surface area contributed by atoms with Crippen molar-refractivity contribution >= 4 is 11.6 Å². The first-order valence-corrected chi connectivity index (χ1v) is 7.12. The van der Waals surface area contributed by atoms with E-state index in [1.54, 1.807) is 7.11 Å². The van der Waals surface area contributed by atoms with Gasteiger partial charge in [-0.05, 0) is 43.0 Å². The van der Waals surface area contributed by atoms with Gasteiger partial charge in [0.2, 0.25) is 0 Å². The van der Waals surface area contributed by atoms with Gasteiger partial charge < -0.3 is 10.5 Å². The van der Waals surface area contributed by atoms with Gasteiger partial charge in [-0.3, -0.25) is 0 Å². The summed E-state index contributed by atoms with van der Waals surface area (Å²) in [6, 6.07) is 5.78. The third-order valence-electron chi connectivity index (χ3n) is 3.88. The Morgan fingerprint density at radius 1 is 1.22 bits per heavy atom. The molecule has 1 fully saturated rings. The van der Waals surface area contributed by atoms with Crippen molar-refractivity contribution in [2.75, 3.05) is 7.11 Å². The standard InChI is InChI=1S/C15H22ClNO/c1-18-14-7-6-13(16)10-12(14)11-15(17)8-4-2-3-5-9-15/h6-7,10H,2-5,8-9,11,17H2,1H3. The zero-order valence-corrected chi connectivity index (χ0v) is 11.8. The molecular weight excluding hydrogens is 246 g/mol. The fraction of sp³-hybridized carbons (Fsp3) is 0.600. The largest absolute Gasteiger partial charge is 0.496 e. The number of rotatable bonds is 3. The number of hydrogen-bond donors (Lipinski definition) is 1. The summed E-state index contributed by atoms with van der Waals surface area (Å²) in [6.07, 6.45) is 8.15. The second-order valence-electron chi connectivity index (χ2n) is 5.41. The van der Waals surface area contributed by atoms with Crippen molar-refractivity contribution in [3.63, 3.8) is 0 Å². The lowest BCUT2D eigenvalue weighted by atomic mass is 9.84. The van der Waals surface area contributed by atoms with E-state index < -0.39 is 0 Å². The van der Waals surface area contributed by atoms with Crippen molar-refractivity contribution in [1.29, 1.82) is 0 Å². The Hall–Kier alpha value is -0.730. The molecule has 0 saturated heterocycles. The van der Waals surface area contributed by atoms with Crippen molar-refractivity contribution in [3.05, 3.63) is 28.8 Å². The van der Waals surface area contributed by atoms with Crippen molar-refractivity contribution in [2.45, 2.75) is 50.5 Å². The summed E-state index contributed by atoms with van der Waals surface area (Å²) >= 11 is 6.07. The molecule has 1 aliphatic carbocycles. The number of halogens is 1. The van der Waals surface area contributed by atoms with Gasteiger partial charge in [-0.1, -0.05) is 37.3 Å². The van der Waals surface area contributed by atoms with Crippen LogP contribution in [-0.4, -0.2) is 12.6 Å². The molecule has 18 heavy (non-hydrogen) atoms. The van der Waals surface area contributed by atoms with E-state index in [-0.39, 0.29) is 5.54 Å². The van der Waals surface area contributed by atoms with Crippen molar-refractivity contribution in [1.82, 2.24) is 0 Å². The second kappa shape index (κ2) is 5.94. The number of benzene rings is 1. The summed E-state index contributed by atoms with van der Waals surface area (Å²) in [5, 5.41) is 0.753. The molecule has 1 aromatic carbocycles. The van der Waals surface area contributed by atoms with Crippen LogP contribution in [0.5, 0.6) is 5.75 Å². The van der Waals surface area contributed by atoms with Crippen LogP contribution in [0.2, 0.25) is 5.02 Å². The minimum Gasteiger partial charge on any atom is -0.496 e. The Kier molecular flexibility index (Phi) is 4.52. The first kappa shape index (κ1) is 13.7. The smallest absolute Gasteiger partial charge is 0.122 e. The van der Waals surface area contributed by atoms with Gasteiger partial charge >= 0.3 is 0 Å². The van der Waals surface area contributed by atoms with Gasteiger partial charge in [0.15, 0.2) is 0 Å². The molecule has 0 radical (unpaired) electrons. The summed E-state index contributed by atoms with van der Waals surface area (Å²) < 4.78 is 5.40. The SMILES string of the molecule is COc1ccc(Cl)cc1CC1(N)CCCCCC1. The molecule has 0 atom stereocenters. The molecule has 1 saturated carbocycles. The van der Waals surface area contributed by atoms with E-state index in [4.69, 9.17) is 22.1 Å². The molecule has 0 amide bonds. The van der Waals surface area contributed by atoms with Crippen molar-refractivity contribution in [2.24, 2.45) is 5.73 Å². The lowest BCUT2D eigenvalue weighted by Crippen LogP contribution is -2.41. The zero-order chi connectivity index (χ0) is 13.0. The molecule has 3 heteroatoms. The van der Waals surface area contributed by atoms with E-state index >= 15 is 0 Å². The maximum absolute atomic E-state index is 6.57. The minimum absolute atomic E-state index is 0.0888. The molecule has 1 aliphatic rings. The van der Waals surface area contributed by atoms with Crippen molar-refractivity contribution in [3.8, 4) is 5.75 Å². The van der Waals surface area contributed by atoms with Gasteiger partial charge in [0.25, 0.3) is 0 Å². The summed E-state index contributed by atoms with van der Waals surface area (Å²) in [7, 11) is 1.70. The lowest BCUT2D eigenvalue weighted by Gasteiger charge is -2.29. The molecule has 0 aliphatic heterocycles. The fourth-order valence-electron chi connectivity index (χ4n) is 2.87. The van der Waals surface area contributed by atoms with Gasteiger partial charge in [-0.25, -0.2) is 0 Å². The number of ether oxygens (including phenoxy) is 1. The van der Waals surface area contributed by atoms with Crippen LogP contribution < -0.4 is 10.5 Å². The molecule has 0 unspecified atom stereocenters. The van der Waals surface area contributed by atoms with Crippen LogP contribution in [0, 0.1) is 0 Å². The van der Waals surface area contributed by atoms with E-state index in [0.717, 1.165) is 35.6 Å². The summed E-state index contributed by atoms with van der Waals surface area (Å²) in [5.41, 5.74) is 7.61. The molecule has 1 aromatic rings. The first-order chi connectivity index (χ1) is 8.63. The normalized spacial score (nSPS) is 19.3. The third-order valence-corrected chi connectivity index (χ3v) is 4.12. The molecule has 0 heterocycles. The number of methoxy groups -OCH3 is 1. The monoisotopic (exact) mass is 267 g/mol. The van der Waals surface area contributed by atoms with Gasteiger partial charge in [0, 0.05) is 10.6 Å². The minimum atomic E-state index is -0.0888. The Morgan fingerprint density at radius 3 is 2.50 bits per heavy atom. The predicted molar refractivity (Wildman–Crippen MR) is 76.3 cm³/mol. The summed E-state index contributed by atoms with van der Waals surface area (Å²) in [5.74, 6) is 0.897. The number of hydrogen-bond acceptors (Lipinski definition) is 2. The number of nitrogens with two attached hydrogens (primary N) is 1. The zero-order valence-electron chi connectivity index (χ0n) is 11.0. The quantitative estimate of drug-likeness (QED) is 0.842. The van der Waals surface area contributed by atoms with Crippen LogP contribution in [0.3, 0.4) is 0 Å². The van der Waals surface area contributed by atoms with Gasteiger partial charge in [-0.2, -0.15) is 0 Å². The Labute approximate surface area is 114 Å². The highest BCUT2D eigenvalue weighted by atomic mass is 35.5. The molecule has 0 aromatic heterocycles. The highest BCUT2D eigenvalue weighted by Gasteiger charge is 2.27. The summed E-state index contributed by atoms with van der Waals surface area (Å²) in [6.45, 7) is 0. The van der Waals surface area contributed by atoms with Gasteiger partial charge in [0.05, 0.1) is 7.11 Å². The second-order valence-corrected chi connectivity index (χ2v) is 5.85. The third kappa shape index (κ3) is 3.39. The molecule has 2 nitrogen and oxygen atoms in total. The molecule has 0 spiro atoms. The van der Waals surface area contributed by atoms with Gasteiger partial charge in [-0.15, -0.1) is 0 Å². The van der Waals surface area contributed by atoms with E-state index in [2.05, 4.69) is 0 Å². The van der Waals surface area contributed by atoms with Crippen LogP contribution in [0.15, 0.2) is 18.2 Å². The van der Waals surface area contributed by atoms with E-state index in [1.807, 2.05) is 18.2 Å². The topological polar surface area (TPSA) is 35.2 Å². The molecule has 0 bridgehead atoms. The van der Waals surface area contributed by atoms with Crippen LogP contribution >= 0.6 is 11.6 Å². The van der Waals surface area contributed by atoms with Crippen LogP contribution in [0.25, 0.3) is 0 Å².